The highest BCUT2D eigenvalue weighted by Gasteiger charge is 2.39. The number of rotatable bonds is 3. The Hall–Kier alpha value is -1.58. The third-order valence-electron chi connectivity index (χ3n) is 6.90. The first kappa shape index (κ1) is 20.3. The van der Waals surface area contributed by atoms with Crippen LogP contribution >= 0.6 is 11.6 Å². The number of piperazine rings is 1. The monoisotopic (exact) mass is 433 g/mol. The van der Waals surface area contributed by atoms with Crippen LogP contribution in [0.1, 0.15) is 18.4 Å². The molecule has 3 unspecified atom stereocenters. The van der Waals surface area contributed by atoms with Crippen LogP contribution in [0.4, 0.5) is 0 Å². The summed E-state index contributed by atoms with van der Waals surface area (Å²) in [6.45, 7) is 6.96. The lowest BCUT2D eigenvalue weighted by molar-refractivity contribution is -0.0788. The van der Waals surface area contributed by atoms with E-state index in [1.165, 1.54) is 5.56 Å². The molecule has 1 aromatic rings. The van der Waals surface area contributed by atoms with Crippen molar-refractivity contribution in [1.82, 2.24) is 25.4 Å². The largest absolute Gasteiger partial charge is 0.378 e. The molecule has 3 atom stereocenters. The molecule has 3 saturated heterocycles. The Labute approximate surface area is 183 Å². The van der Waals surface area contributed by atoms with Crippen LogP contribution in [0, 0.1) is 0 Å². The summed E-state index contributed by atoms with van der Waals surface area (Å²) in [5.74, 6) is 0.879. The highest BCUT2D eigenvalue weighted by molar-refractivity contribution is 6.30. The Balaban J connectivity index is 1.27. The number of nitrogens with one attached hydrogen (secondary N) is 2. The molecule has 0 aromatic heterocycles. The second kappa shape index (κ2) is 8.88. The van der Waals surface area contributed by atoms with E-state index in [4.69, 9.17) is 22.1 Å². The Morgan fingerprint density at radius 2 is 1.90 bits per heavy atom. The molecule has 0 bridgehead atoms. The van der Waals surface area contributed by atoms with Crippen molar-refractivity contribution >= 4 is 17.6 Å². The topological polar surface area (TPSA) is 81.4 Å². The molecule has 0 radical (unpaired) electrons. The van der Waals surface area contributed by atoms with Crippen molar-refractivity contribution in [3.63, 3.8) is 0 Å². The van der Waals surface area contributed by atoms with Crippen LogP contribution < -0.4 is 16.5 Å². The molecule has 3 fully saturated rings. The highest BCUT2D eigenvalue weighted by Crippen LogP contribution is 2.28. The molecule has 1 aromatic carbocycles. The van der Waals surface area contributed by atoms with Crippen LogP contribution in [0.15, 0.2) is 29.4 Å². The Morgan fingerprint density at radius 3 is 2.63 bits per heavy atom. The molecule has 4 heterocycles. The molecule has 0 spiro atoms. The number of benzene rings is 1. The third-order valence-corrected chi connectivity index (χ3v) is 7.15. The molecule has 4 aliphatic heterocycles. The molecule has 0 aliphatic carbocycles. The zero-order valence-corrected chi connectivity index (χ0v) is 18.1. The number of hydrazone groups is 1. The summed E-state index contributed by atoms with van der Waals surface area (Å²) in [5.41, 5.74) is 10.1. The standard InChI is InChI=1S/C21H32ClN7O/c22-16-3-1-15(2-4-16)11-18-12-28-9-10-30-14-19(28)13-29(18)17-5-7-27(8-6-17)21-24-20(23)25-26-21/h1-4,17-20,25H,5-14,23H2,(H,24,26). The van der Waals surface area contributed by atoms with Crippen LogP contribution in [0.2, 0.25) is 5.02 Å². The van der Waals surface area contributed by atoms with E-state index in [-0.39, 0.29) is 6.29 Å². The maximum atomic E-state index is 6.11. The molecule has 0 amide bonds. The molecular formula is C21H32ClN7O. The average Bonchev–Trinajstić information content (AvgIpc) is 3.21. The summed E-state index contributed by atoms with van der Waals surface area (Å²) in [6.07, 6.45) is 3.07. The van der Waals surface area contributed by atoms with E-state index in [9.17, 15) is 0 Å². The molecule has 4 aliphatic rings. The minimum atomic E-state index is -0.277. The second-order valence-electron chi connectivity index (χ2n) is 8.81. The van der Waals surface area contributed by atoms with E-state index in [1.54, 1.807) is 0 Å². The maximum Gasteiger partial charge on any atom is 0.219 e. The first-order valence-corrected chi connectivity index (χ1v) is 11.5. The minimum absolute atomic E-state index is 0.277. The number of nitrogens with two attached hydrogens (primary N) is 1. The Morgan fingerprint density at radius 1 is 1.10 bits per heavy atom. The quantitative estimate of drug-likeness (QED) is 0.638. The lowest BCUT2D eigenvalue weighted by Crippen LogP contribution is -2.65. The fourth-order valence-corrected chi connectivity index (χ4v) is 5.42. The van der Waals surface area contributed by atoms with E-state index >= 15 is 0 Å². The third kappa shape index (κ3) is 4.38. The van der Waals surface area contributed by atoms with Crippen LogP contribution in [0.5, 0.6) is 0 Å². The van der Waals surface area contributed by atoms with Crippen molar-refractivity contribution < 1.29 is 4.74 Å². The number of hydrogen-bond acceptors (Lipinski definition) is 8. The number of fused-ring (bicyclic) bond motifs is 1. The van der Waals surface area contributed by atoms with Crippen LogP contribution in [0.25, 0.3) is 0 Å². The van der Waals surface area contributed by atoms with Crippen molar-refractivity contribution in [1.29, 1.82) is 0 Å². The van der Waals surface area contributed by atoms with E-state index < -0.39 is 0 Å². The lowest BCUT2D eigenvalue weighted by atomic mass is 9.93. The van der Waals surface area contributed by atoms with Gasteiger partial charge >= 0.3 is 0 Å². The fraction of sp³-hybridized carbons (Fsp3) is 0.667. The van der Waals surface area contributed by atoms with Crippen LogP contribution in [-0.2, 0) is 11.2 Å². The number of likely N-dealkylation sites (tertiary alicyclic amines) is 1. The summed E-state index contributed by atoms with van der Waals surface area (Å²) >= 11 is 6.11. The van der Waals surface area contributed by atoms with Gasteiger partial charge < -0.3 is 15.0 Å². The zero-order valence-electron chi connectivity index (χ0n) is 17.3. The van der Waals surface area contributed by atoms with Crippen molar-refractivity contribution in [2.45, 2.75) is 43.7 Å². The van der Waals surface area contributed by atoms with Crippen LogP contribution in [-0.4, -0.2) is 91.0 Å². The van der Waals surface area contributed by atoms with Gasteiger partial charge in [0, 0.05) is 55.9 Å². The SMILES string of the molecule is NC1NN=C(N2CCC(N3CC4COCCN4CC3Cc3ccc(Cl)cc3)CC2)N1. The van der Waals surface area contributed by atoms with Crippen LogP contribution in [0.3, 0.4) is 0 Å². The number of morpholine rings is 1. The van der Waals surface area contributed by atoms with Gasteiger partial charge in [-0.05, 0) is 37.0 Å². The van der Waals surface area contributed by atoms with Crippen molar-refractivity contribution in [3.8, 4) is 0 Å². The first-order valence-electron chi connectivity index (χ1n) is 11.1. The normalized spacial score (nSPS) is 31.1. The van der Waals surface area contributed by atoms with Gasteiger partial charge in [-0.3, -0.25) is 21.0 Å². The second-order valence-corrected chi connectivity index (χ2v) is 9.25. The number of ether oxygens (including phenoxy) is 1. The molecule has 30 heavy (non-hydrogen) atoms. The smallest absolute Gasteiger partial charge is 0.219 e. The number of piperidine rings is 1. The number of halogens is 1. The Bertz CT molecular complexity index is 752. The molecular weight excluding hydrogens is 402 g/mol. The van der Waals surface area contributed by atoms with E-state index in [0.717, 1.165) is 76.2 Å². The highest BCUT2D eigenvalue weighted by atomic mass is 35.5. The van der Waals surface area contributed by atoms with Gasteiger partial charge in [0.2, 0.25) is 5.96 Å². The summed E-state index contributed by atoms with van der Waals surface area (Å²) < 4.78 is 5.80. The molecule has 4 N–H and O–H groups in total. The molecule has 5 rings (SSSR count). The lowest BCUT2D eigenvalue weighted by Gasteiger charge is -2.52. The summed E-state index contributed by atoms with van der Waals surface area (Å²) in [6, 6.07) is 9.99. The number of guanidine groups is 1. The van der Waals surface area contributed by atoms with Crippen molar-refractivity contribution in [2.75, 3.05) is 45.9 Å². The average molecular weight is 434 g/mol. The van der Waals surface area contributed by atoms with Gasteiger partial charge in [0.1, 0.15) is 0 Å². The Kier molecular flexibility index (Phi) is 6.02. The maximum absolute atomic E-state index is 6.11. The van der Waals surface area contributed by atoms with E-state index in [2.05, 4.69) is 42.7 Å². The van der Waals surface area contributed by atoms with E-state index in [1.807, 2.05) is 12.1 Å². The fourth-order valence-electron chi connectivity index (χ4n) is 5.29. The summed E-state index contributed by atoms with van der Waals surface area (Å²) in [7, 11) is 0. The number of hydrogen-bond donors (Lipinski definition) is 3. The van der Waals surface area contributed by atoms with Gasteiger partial charge in [-0.1, -0.05) is 23.7 Å². The molecule has 9 heteroatoms. The minimum Gasteiger partial charge on any atom is -0.378 e. The van der Waals surface area contributed by atoms with Gasteiger partial charge in [-0.25, -0.2) is 0 Å². The van der Waals surface area contributed by atoms with E-state index in [0.29, 0.717) is 18.1 Å². The first-order chi connectivity index (χ1) is 14.7. The van der Waals surface area contributed by atoms with Gasteiger partial charge in [-0.15, -0.1) is 5.10 Å². The summed E-state index contributed by atoms with van der Waals surface area (Å²) in [5, 5.41) is 8.32. The molecule has 164 valence electrons. The zero-order chi connectivity index (χ0) is 20.5. The van der Waals surface area contributed by atoms with Crippen molar-refractivity contribution in [3.05, 3.63) is 34.9 Å². The van der Waals surface area contributed by atoms with Crippen molar-refractivity contribution in [2.24, 2.45) is 10.8 Å². The number of nitrogens with zero attached hydrogens (tertiary/aromatic N) is 4. The predicted molar refractivity (Wildman–Crippen MR) is 118 cm³/mol. The molecule has 8 nitrogen and oxygen atoms in total. The van der Waals surface area contributed by atoms with Gasteiger partial charge in [-0.2, -0.15) is 0 Å². The molecule has 0 saturated carbocycles. The van der Waals surface area contributed by atoms with Gasteiger partial charge in [0.05, 0.1) is 13.2 Å². The van der Waals surface area contributed by atoms with Gasteiger partial charge in [0.15, 0.2) is 6.29 Å². The summed E-state index contributed by atoms with van der Waals surface area (Å²) in [4.78, 5) is 7.72. The predicted octanol–water partition coefficient (Wildman–Crippen LogP) is 0.438. The van der Waals surface area contributed by atoms with Gasteiger partial charge in [0.25, 0.3) is 0 Å².